The highest BCUT2D eigenvalue weighted by atomic mass is 32.2. The van der Waals surface area contributed by atoms with Gasteiger partial charge in [-0.05, 0) is 69.3 Å². The fourth-order valence-electron chi connectivity index (χ4n) is 4.73. The smallest absolute Gasteiger partial charge is 0.339 e. The number of piperidine rings is 1. The second kappa shape index (κ2) is 9.46. The Bertz CT molecular complexity index is 1080. The molecule has 1 atom stereocenters. The van der Waals surface area contributed by atoms with Crippen LogP contribution in [0.2, 0.25) is 0 Å². The van der Waals surface area contributed by atoms with E-state index in [4.69, 9.17) is 0 Å². The van der Waals surface area contributed by atoms with E-state index in [0.29, 0.717) is 17.3 Å². The number of nitrogens with zero attached hydrogens (tertiary/aromatic N) is 3. The summed E-state index contributed by atoms with van der Waals surface area (Å²) in [6.45, 7) is 6.55. The number of carbonyl (C=O) groups is 1. The van der Waals surface area contributed by atoms with Gasteiger partial charge in [0.2, 0.25) is 0 Å². The van der Waals surface area contributed by atoms with E-state index in [1.807, 2.05) is 4.90 Å². The van der Waals surface area contributed by atoms with Gasteiger partial charge in [0.25, 0.3) is 10.0 Å². The Balaban J connectivity index is 1.54. The Morgan fingerprint density at radius 1 is 1.19 bits per heavy atom. The lowest BCUT2D eigenvalue weighted by Gasteiger charge is -2.36. The highest BCUT2D eigenvalue weighted by Crippen LogP contribution is 2.28. The molecule has 2 aliphatic rings. The molecule has 0 aliphatic carbocycles. The van der Waals surface area contributed by atoms with Gasteiger partial charge in [-0.15, -0.1) is 0 Å². The molecule has 0 bridgehead atoms. The number of hydrogen-bond donors (Lipinski definition) is 2. The molecule has 2 aliphatic heterocycles. The predicted molar refractivity (Wildman–Crippen MR) is 124 cm³/mol. The van der Waals surface area contributed by atoms with E-state index in [0.717, 1.165) is 45.6 Å². The van der Waals surface area contributed by atoms with Gasteiger partial charge in [-0.1, -0.05) is 18.2 Å². The van der Waals surface area contributed by atoms with Crippen LogP contribution >= 0.6 is 0 Å². The van der Waals surface area contributed by atoms with Gasteiger partial charge in [0.05, 0.1) is 16.8 Å². The van der Waals surface area contributed by atoms with Crippen LogP contribution in [0, 0.1) is 12.8 Å². The number of likely N-dealkylation sites (tertiary alicyclic amines) is 1. The molecule has 2 fully saturated rings. The molecule has 8 nitrogen and oxygen atoms in total. The molecule has 0 spiro atoms. The maximum atomic E-state index is 12.8. The molecule has 9 heteroatoms. The minimum absolute atomic E-state index is 0.0109. The third-order valence-corrected chi connectivity index (χ3v) is 7.81. The SMILES string of the molecule is Cc1ccccc1S(=O)(=O)Nc1cnc(N2CCC[C@@H](CN3CCCC3)C2)c(C(=O)O)c1. The van der Waals surface area contributed by atoms with Crippen molar-refractivity contribution < 1.29 is 18.3 Å². The summed E-state index contributed by atoms with van der Waals surface area (Å²) >= 11 is 0. The maximum absolute atomic E-state index is 12.8. The highest BCUT2D eigenvalue weighted by molar-refractivity contribution is 7.92. The zero-order chi connectivity index (χ0) is 22.7. The average Bonchev–Trinajstić information content (AvgIpc) is 3.27. The van der Waals surface area contributed by atoms with Crippen molar-refractivity contribution in [3.05, 3.63) is 47.7 Å². The predicted octanol–water partition coefficient (Wildman–Crippen LogP) is 3.20. The van der Waals surface area contributed by atoms with Gasteiger partial charge in [0.15, 0.2) is 0 Å². The lowest BCUT2D eigenvalue weighted by atomic mass is 9.97. The number of sulfonamides is 1. The summed E-state index contributed by atoms with van der Waals surface area (Å²) in [6.07, 6.45) is 6.02. The highest BCUT2D eigenvalue weighted by Gasteiger charge is 2.27. The van der Waals surface area contributed by atoms with Crippen LogP contribution in [-0.2, 0) is 10.0 Å². The topological polar surface area (TPSA) is 103 Å². The van der Waals surface area contributed by atoms with Crippen LogP contribution in [0.25, 0.3) is 0 Å². The van der Waals surface area contributed by atoms with Crippen LogP contribution in [-0.4, -0.2) is 62.1 Å². The van der Waals surface area contributed by atoms with E-state index < -0.39 is 16.0 Å². The Hall–Kier alpha value is -2.65. The van der Waals surface area contributed by atoms with E-state index in [2.05, 4.69) is 14.6 Å². The molecule has 1 aromatic heterocycles. The number of rotatable bonds is 7. The van der Waals surface area contributed by atoms with Crippen LogP contribution < -0.4 is 9.62 Å². The average molecular weight is 459 g/mol. The number of aromatic nitrogens is 1. The minimum Gasteiger partial charge on any atom is -0.478 e. The molecule has 2 aromatic rings. The molecule has 0 radical (unpaired) electrons. The Labute approximate surface area is 189 Å². The van der Waals surface area contributed by atoms with Gasteiger partial charge in [-0.2, -0.15) is 0 Å². The molecule has 2 N–H and O–H groups in total. The lowest BCUT2D eigenvalue weighted by Crippen LogP contribution is -2.41. The quantitative estimate of drug-likeness (QED) is 0.657. The number of carboxylic acids is 1. The van der Waals surface area contributed by atoms with Crippen LogP contribution in [0.4, 0.5) is 11.5 Å². The zero-order valence-corrected chi connectivity index (χ0v) is 19.1. The minimum atomic E-state index is -3.85. The third-order valence-electron chi connectivity index (χ3n) is 6.27. The Kier molecular flexibility index (Phi) is 6.66. The first-order valence-electron chi connectivity index (χ1n) is 11.1. The van der Waals surface area contributed by atoms with E-state index >= 15 is 0 Å². The number of pyridine rings is 1. The maximum Gasteiger partial charge on any atom is 0.339 e. The van der Waals surface area contributed by atoms with Crippen molar-refractivity contribution >= 4 is 27.5 Å². The fourth-order valence-corrected chi connectivity index (χ4v) is 6.01. The van der Waals surface area contributed by atoms with Gasteiger partial charge < -0.3 is 14.9 Å². The van der Waals surface area contributed by atoms with E-state index in [-0.39, 0.29) is 16.1 Å². The van der Waals surface area contributed by atoms with E-state index in [1.54, 1.807) is 25.1 Å². The van der Waals surface area contributed by atoms with E-state index in [1.165, 1.54) is 31.2 Å². The molecule has 4 rings (SSSR count). The number of benzene rings is 1. The van der Waals surface area contributed by atoms with Gasteiger partial charge in [-0.3, -0.25) is 4.72 Å². The molecule has 0 amide bonds. The molecule has 1 aromatic carbocycles. The molecular formula is C23H30N4O4S. The van der Waals surface area contributed by atoms with Crippen LogP contribution in [0.15, 0.2) is 41.4 Å². The van der Waals surface area contributed by atoms with Crippen molar-refractivity contribution in [2.45, 2.75) is 37.5 Å². The fraction of sp³-hybridized carbons (Fsp3) is 0.478. The largest absolute Gasteiger partial charge is 0.478 e. The van der Waals surface area contributed by atoms with Crippen molar-refractivity contribution in [3.63, 3.8) is 0 Å². The molecular weight excluding hydrogens is 428 g/mol. The third kappa shape index (κ3) is 5.05. The summed E-state index contributed by atoms with van der Waals surface area (Å²) in [5.74, 6) is -0.238. The summed E-state index contributed by atoms with van der Waals surface area (Å²) in [4.78, 5) is 21.1. The van der Waals surface area contributed by atoms with Gasteiger partial charge in [0, 0.05) is 19.6 Å². The number of aromatic carboxylic acids is 1. The lowest BCUT2D eigenvalue weighted by molar-refractivity contribution is 0.0697. The summed E-state index contributed by atoms with van der Waals surface area (Å²) in [5.41, 5.74) is 0.761. The summed E-state index contributed by atoms with van der Waals surface area (Å²) in [7, 11) is -3.85. The van der Waals surface area contributed by atoms with Crippen molar-refractivity contribution in [1.82, 2.24) is 9.88 Å². The first kappa shape index (κ1) is 22.5. The van der Waals surface area contributed by atoms with Gasteiger partial charge in [0.1, 0.15) is 11.4 Å². The second-order valence-corrected chi connectivity index (χ2v) is 10.4. The Morgan fingerprint density at radius 2 is 1.94 bits per heavy atom. The van der Waals surface area contributed by atoms with Crippen molar-refractivity contribution in [1.29, 1.82) is 0 Å². The van der Waals surface area contributed by atoms with Crippen molar-refractivity contribution in [2.24, 2.45) is 5.92 Å². The first-order chi connectivity index (χ1) is 15.3. The number of hydrogen-bond acceptors (Lipinski definition) is 6. The number of carboxylic acid groups (broad SMARTS) is 1. The van der Waals surface area contributed by atoms with Crippen LogP contribution in [0.1, 0.15) is 41.6 Å². The number of nitrogens with one attached hydrogen (secondary N) is 1. The molecule has 0 unspecified atom stereocenters. The normalized spacial score (nSPS) is 19.8. The van der Waals surface area contributed by atoms with Gasteiger partial charge in [-0.25, -0.2) is 18.2 Å². The number of anilines is 2. The molecule has 172 valence electrons. The molecule has 32 heavy (non-hydrogen) atoms. The Morgan fingerprint density at radius 3 is 2.66 bits per heavy atom. The summed E-state index contributed by atoms with van der Waals surface area (Å²) < 4.78 is 28.1. The molecule has 0 saturated carbocycles. The van der Waals surface area contributed by atoms with Crippen molar-refractivity contribution in [2.75, 3.05) is 42.3 Å². The standard InChI is InChI=1S/C23H30N4O4S/c1-17-7-2-3-9-21(17)32(30,31)25-19-13-20(23(28)29)22(24-14-19)27-12-6-8-18(16-27)15-26-10-4-5-11-26/h2-3,7,9,13-14,18,25H,4-6,8,10-12,15-16H2,1H3,(H,28,29)/t18-/m0/s1. The zero-order valence-electron chi connectivity index (χ0n) is 18.3. The van der Waals surface area contributed by atoms with Gasteiger partial charge >= 0.3 is 5.97 Å². The molecule has 2 saturated heterocycles. The van der Waals surface area contributed by atoms with E-state index in [9.17, 15) is 18.3 Å². The van der Waals surface area contributed by atoms with Crippen LogP contribution in [0.5, 0.6) is 0 Å². The number of aryl methyl sites for hydroxylation is 1. The second-order valence-electron chi connectivity index (χ2n) is 8.73. The first-order valence-corrected chi connectivity index (χ1v) is 12.6. The molecule has 3 heterocycles. The summed E-state index contributed by atoms with van der Waals surface area (Å²) in [6, 6.07) is 8.02. The van der Waals surface area contributed by atoms with Crippen LogP contribution in [0.3, 0.4) is 0 Å². The summed E-state index contributed by atoms with van der Waals surface area (Å²) in [5, 5.41) is 9.82. The van der Waals surface area contributed by atoms with Crippen molar-refractivity contribution in [3.8, 4) is 0 Å². The monoisotopic (exact) mass is 458 g/mol.